The third-order valence-corrected chi connectivity index (χ3v) is 5.30. The predicted octanol–water partition coefficient (Wildman–Crippen LogP) is 1.56. The molecule has 2 aliphatic heterocycles. The van der Waals surface area contributed by atoms with E-state index in [1.165, 1.54) is 6.33 Å². The lowest BCUT2D eigenvalue weighted by Gasteiger charge is -2.23. The van der Waals surface area contributed by atoms with Crippen LogP contribution in [0.4, 0.5) is 5.69 Å². The fourth-order valence-corrected chi connectivity index (χ4v) is 4.18. The molecule has 114 valence electrons. The van der Waals surface area contributed by atoms with E-state index in [4.69, 9.17) is 0 Å². The van der Waals surface area contributed by atoms with E-state index < -0.39 is 0 Å². The molecule has 0 radical (unpaired) electrons. The second kappa shape index (κ2) is 5.40. The number of amides is 1. The molecule has 0 N–H and O–H groups in total. The number of nitrogens with zero attached hydrogens (tertiary/aromatic N) is 5. The van der Waals surface area contributed by atoms with Gasteiger partial charge < -0.3 is 4.90 Å². The summed E-state index contributed by atoms with van der Waals surface area (Å²) in [6.45, 7) is 3.66. The summed E-state index contributed by atoms with van der Waals surface area (Å²) in [5.41, 5.74) is 0.882. The minimum atomic E-state index is 0.0736. The lowest BCUT2D eigenvalue weighted by Crippen LogP contribution is -2.31. The van der Waals surface area contributed by atoms with Crippen molar-refractivity contribution in [2.24, 2.45) is 5.41 Å². The number of aromatic nitrogens is 3. The number of carbonyl (C=O) groups is 1. The van der Waals surface area contributed by atoms with Gasteiger partial charge in [0.2, 0.25) is 5.91 Å². The highest BCUT2D eigenvalue weighted by atomic mass is 32.1. The molecular weight excluding hydrogens is 298 g/mol. The zero-order chi connectivity index (χ0) is 15.0. The van der Waals surface area contributed by atoms with Crippen LogP contribution in [0.5, 0.6) is 0 Å². The molecule has 0 aromatic carbocycles. The van der Waals surface area contributed by atoms with Gasteiger partial charge in [-0.15, -0.1) is 11.3 Å². The maximum Gasteiger partial charge on any atom is 0.227 e. The minimum Gasteiger partial charge on any atom is -0.309 e. The molecule has 2 saturated heterocycles. The van der Waals surface area contributed by atoms with E-state index in [2.05, 4.69) is 19.9 Å². The van der Waals surface area contributed by atoms with Crippen LogP contribution in [-0.4, -0.2) is 45.4 Å². The summed E-state index contributed by atoms with van der Waals surface area (Å²) in [4.78, 5) is 29.1. The molecule has 2 fully saturated rings. The topological polar surface area (TPSA) is 62.2 Å². The number of anilines is 1. The summed E-state index contributed by atoms with van der Waals surface area (Å²) in [7, 11) is 0. The van der Waals surface area contributed by atoms with Crippen molar-refractivity contribution in [3.8, 4) is 0 Å². The quantitative estimate of drug-likeness (QED) is 0.860. The van der Waals surface area contributed by atoms with E-state index in [1.807, 2.05) is 16.5 Å². The monoisotopic (exact) mass is 315 g/mol. The maximum absolute atomic E-state index is 12.4. The molecule has 0 bridgehead atoms. The van der Waals surface area contributed by atoms with Gasteiger partial charge in [0, 0.05) is 36.5 Å². The molecule has 2 aromatic rings. The Balaban J connectivity index is 1.46. The van der Waals surface area contributed by atoms with E-state index in [0.29, 0.717) is 6.42 Å². The van der Waals surface area contributed by atoms with Gasteiger partial charge in [-0.1, -0.05) is 0 Å². The van der Waals surface area contributed by atoms with E-state index in [0.717, 1.165) is 43.3 Å². The Morgan fingerprint density at radius 2 is 2.14 bits per heavy atom. The van der Waals surface area contributed by atoms with Gasteiger partial charge in [0.05, 0.1) is 24.6 Å². The number of hydrogen-bond acceptors (Lipinski definition) is 6. The van der Waals surface area contributed by atoms with Gasteiger partial charge in [-0.2, -0.15) is 0 Å². The van der Waals surface area contributed by atoms with Crippen molar-refractivity contribution >= 4 is 22.9 Å². The first-order valence-corrected chi connectivity index (χ1v) is 8.28. The van der Waals surface area contributed by atoms with Crippen LogP contribution in [0.25, 0.3) is 0 Å². The number of hydrogen-bond donors (Lipinski definition) is 0. The van der Waals surface area contributed by atoms with Gasteiger partial charge in [-0.3, -0.25) is 9.69 Å². The van der Waals surface area contributed by atoms with Gasteiger partial charge in [0.1, 0.15) is 11.3 Å². The zero-order valence-electron chi connectivity index (χ0n) is 12.2. The number of likely N-dealkylation sites (tertiary alicyclic amines) is 1. The van der Waals surface area contributed by atoms with Crippen molar-refractivity contribution < 1.29 is 4.79 Å². The van der Waals surface area contributed by atoms with Gasteiger partial charge in [0.15, 0.2) is 0 Å². The molecule has 1 atom stereocenters. The first-order chi connectivity index (χ1) is 10.7. The molecule has 1 amide bonds. The van der Waals surface area contributed by atoms with E-state index >= 15 is 0 Å². The summed E-state index contributed by atoms with van der Waals surface area (Å²) < 4.78 is 0. The molecule has 7 heteroatoms. The Labute approximate surface area is 132 Å². The first-order valence-electron chi connectivity index (χ1n) is 7.40. The zero-order valence-corrected chi connectivity index (χ0v) is 13.0. The third-order valence-electron chi connectivity index (χ3n) is 4.54. The molecule has 4 heterocycles. The van der Waals surface area contributed by atoms with Crippen LogP contribution < -0.4 is 4.90 Å². The fourth-order valence-electron chi connectivity index (χ4n) is 3.52. The average Bonchev–Trinajstić information content (AvgIpc) is 3.23. The Hall–Kier alpha value is -1.86. The molecule has 2 aromatic heterocycles. The predicted molar refractivity (Wildman–Crippen MR) is 83.4 cm³/mol. The molecule has 2 aliphatic rings. The maximum atomic E-state index is 12.4. The van der Waals surface area contributed by atoms with Crippen molar-refractivity contribution in [1.82, 2.24) is 19.9 Å². The van der Waals surface area contributed by atoms with Crippen LogP contribution in [0.15, 0.2) is 30.3 Å². The van der Waals surface area contributed by atoms with Crippen LogP contribution in [0.1, 0.15) is 17.8 Å². The molecule has 0 unspecified atom stereocenters. The van der Waals surface area contributed by atoms with Crippen LogP contribution in [0.3, 0.4) is 0 Å². The van der Waals surface area contributed by atoms with Crippen LogP contribution >= 0.6 is 11.3 Å². The summed E-state index contributed by atoms with van der Waals surface area (Å²) in [5, 5.41) is 3.16. The lowest BCUT2D eigenvalue weighted by atomic mass is 9.86. The van der Waals surface area contributed by atoms with E-state index in [1.54, 1.807) is 23.7 Å². The number of thiazole rings is 1. The van der Waals surface area contributed by atoms with Gasteiger partial charge in [0.25, 0.3) is 0 Å². The Morgan fingerprint density at radius 1 is 1.27 bits per heavy atom. The van der Waals surface area contributed by atoms with Crippen molar-refractivity contribution in [2.75, 3.05) is 24.5 Å². The second-order valence-electron chi connectivity index (χ2n) is 6.14. The van der Waals surface area contributed by atoms with Crippen LogP contribution in [0.2, 0.25) is 0 Å². The molecule has 0 aliphatic carbocycles. The Morgan fingerprint density at radius 3 is 2.91 bits per heavy atom. The fraction of sp³-hybridized carbons (Fsp3) is 0.467. The van der Waals surface area contributed by atoms with Crippen LogP contribution in [-0.2, 0) is 11.3 Å². The van der Waals surface area contributed by atoms with Crippen molar-refractivity contribution in [3.63, 3.8) is 0 Å². The molecule has 1 spiro atoms. The van der Waals surface area contributed by atoms with Crippen molar-refractivity contribution in [1.29, 1.82) is 0 Å². The highest BCUT2D eigenvalue weighted by molar-refractivity contribution is 7.09. The Kier molecular flexibility index (Phi) is 3.38. The highest BCUT2D eigenvalue weighted by Crippen LogP contribution is 2.41. The van der Waals surface area contributed by atoms with E-state index in [9.17, 15) is 4.79 Å². The van der Waals surface area contributed by atoms with Crippen LogP contribution in [0, 0.1) is 5.41 Å². The summed E-state index contributed by atoms with van der Waals surface area (Å²) >= 11 is 1.69. The van der Waals surface area contributed by atoms with Gasteiger partial charge in [-0.05, 0) is 13.0 Å². The van der Waals surface area contributed by atoms with Gasteiger partial charge in [-0.25, -0.2) is 15.0 Å². The number of carbonyl (C=O) groups excluding carboxylic acids is 1. The summed E-state index contributed by atoms with van der Waals surface area (Å²) in [6, 6.07) is 0. The SMILES string of the molecule is O=C1C[C@@]2(CCN(Cc3nccs3)C2)CN1c1cncnc1. The molecule has 0 saturated carbocycles. The normalized spacial score (nSPS) is 25.5. The third kappa shape index (κ3) is 2.50. The smallest absolute Gasteiger partial charge is 0.227 e. The largest absolute Gasteiger partial charge is 0.309 e. The Bertz CT molecular complexity index is 662. The minimum absolute atomic E-state index is 0.0736. The lowest BCUT2D eigenvalue weighted by molar-refractivity contribution is -0.117. The molecule has 6 nitrogen and oxygen atoms in total. The molecule has 22 heavy (non-hydrogen) atoms. The first kappa shape index (κ1) is 13.8. The standard InChI is InChI=1S/C15H17N5OS/c21-14-5-15(10-20(14)12-6-16-11-17-7-12)1-3-19(9-15)8-13-18-2-4-22-13/h2,4,6-7,11H,1,3,5,8-10H2/t15-/m1/s1. The van der Waals surface area contributed by atoms with E-state index in [-0.39, 0.29) is 11.3 Å². The van der Waals surface area contributed by atoms with Crippen molar-refractivity contribution in [2.45, 2.75) is 19.4 Å². The molecule has 4 rings (SSSR count). The molecular formula is C15H17N5OS. The average molecular weight is 315 g/mol. The number of rotatable bonds is 3. The van der Waals surface area contributed by atoms with Gasteiger partial charge >= 0.3 is 0 Å². The summed E-state index contributed by atoms with van der Waals surface area (Å²) in [5.74, 6) is 0.186. The second-order valence-corrected chi connectivity index (χ2v) is 7.12. The van der Waals surface area contributed by atoms with Crippen molar-refractivity contribution in [3.05, 3.63) is 35.3 Å². The highest BCUT2D eigenvalue weighted by Gasteiger charge is 2.47. The summed E-state index contributed by atoms with van der Waals surface area (Å²) in [6.07, 6.45) is 8.45.